The van der Waals surface area contributed by atoms with Crippen molar-refractivity contribution >= 4 is 22.9 Å². The number of aromatic nitrogens is 2. The molecule has 1 N–H and O–H groups in total. The minimum atomic E-state index is -0.0390. The average Bonchev–Trinajstić information content (AvgIpc) is 3.54. The number of carbonyl (C=O) groups is 1. The topological polar surface area (TPSA) is 76.0 Å². The first kappa shape index (κ1) is 21.0. The Morgan fingerprint density at radius 2 is 2.06 bits per heavy atom. The Morgan fingerprint density at radius 1 is 1.18 bits per heavy atom. The third-order valence-electron chi connectivity index (χ3n) is 5.98. The minimum absolute atomic E-state index is 0.0302. The predicted octanol–water partition coefficient (Wildman–Crippen LogP) is 4.62. The van der Waals surface area contributed by atoms with Gasteiger partial charge in [0.15, 0.2) is 0 Å². The van der Waals surface area contributed by atoms with E-state index >= 15 is 0 Å². The highest BCUT2D eigenvalue weighted by atomic mass is 32.1. The van der Waals surface area contributed by atoms with E-state index in [0.717, 1.165) is 28.2 Å². The summed E-state index contributed by atoms with van der Waals surface area (Å²) in [6.07, 6.45) is 4.26. The van der Waals surface area contributed by atoms with Crippen molar-refractivity contribution in [3.8, 4) is 6.07 Å². The summed E-state index contributed by atoms with van der Waals surface area (Å²) < 4.78 is 0. The van der Waals surface area contributed by atoms with Crippen molar-refractivity contribution in [2.75, 3.05) is 11.4 Å². The lowest BCUT2D eigenvalue weighted by Crippen LogP contribution is -2.45. The molecule has 0 spiro atoms. The van der Waals surface area contributed by atoms with Crippen LogP contribution < -0.4 is 4.90 Å². The van der Waals surface area contributed by atoms with Crippen molar-refractivity contribution < 1.29 is 4.79 Å². The minimum Gasteiger partial charge on any atom is -0.363 e. The van der Waals surface area contributed by atoms with Crippen LogP contribution in [0.1, 0.15) is 32.1 Å². The lowest BCUT2D eigenvalue weighted by Gasteiger charge is -2.32. The molecular weight excluding hydrogens is 430 g/mol. The van der Waals surface area contributed by atoms with Gasteiger partial charge in [0.25, 0.3) is 5.91 Å². The number of imidazole rings is 1. The fourth-order valence-electron chi connectivity index (χ4n) is 4.42. The zero-order chi connectivity index (χ0) is 22.6. The molecule has 2 aromatic carbocycles. The van der Waals surface area contributed by atoms with Crippen LogP contribution in [0.4, 0.5) is 5.69 Å². The Morgan fingerprint density at radius 3 is 2.79 bits per heavy atom. The molecule has 0 saturated carbocycles. The maximum Gasteiger partial charge on any atom is 0.264 e. The molecule has 0 aliphatic carbocycles. The third-order valence-corrected chi connectivity index (χ3v) is 6.84. The van der Waals surface area contributed by atoms with Crippen LogP contribution in [0, 0.1) is 11.3 Å². The normalized spacial score (nSPS) is 15.5. The molecule has 1 aliphatic rings. The van der Waals surface area contributed by atoms with Crippen LogP contribution in [0.3, 0.4) is 0 Å². The van der Waals surface area contributed by atoms with Crippen molar-refractivity contribution in [1.82, 2.24) is 14.9 Å². The van der Waals surface area contributed by atoms with Crippen LogP contribution in [0.25, 0.3) is 0 Å². The van der Waals surface area contributed by atoms with E-state index in [-0.39, 0.29) is 11.9 Å². The van der Waals surface area contributed by atoms with Crippen LogP contribution >= 0.6 is 11.3 Å². The van der Waals surface area contributed by atoms with Gasteiger partial charge in [-0.3, -0.25) is 4.79 Å². The van der Waals surface area contributed by atoms with Gasteiger partial charge in [-0.2, -0.15) is 5.26 Å². The van der Waals surface area contributed by atoms with E-state index in [4.69, 9.17) is 0 Å². The largest absolute Gasteiger partial charge is 0.363 e. The molecule has 6 nitrogen and oxygen atoms in total. The summed E-state index contributed by atoms with van der Waals surface area (Å²) in [5.41, 5.74) is 4.82. The number of fused-ring (bicyclic) bond motifs is 1. The summed E-state index contributed by atoms with van der Waals surface area (Å²) in [6.45, 7) is 1.77. The SMILES string of the molecule is N#Cc1ccc2c(c1)CN(C(=O)c1cccs1)[C@H](Cc1ccccc1)CN2Cc1cnc[nH]1. The van der Waals surface area contributed by atoms with Gasteiger partial charge in [-0.25, -0.2) is 4.98 Å². The standard InChI is InChI=1S/C26H23N5OS/c27-13-20-8-9-24-21(11-20)15-31(26(32)25-7-4-10-33-25)23(12-19-5-2-1-3-6-19)17-30(24)16-22-14-28-18-29-22/h1-11,14,18,23H,12,15-17H2,(H,28,29)/t23-/m1/s1. The number of anilines is 1. The molecule has 4 aromatic rings. The zero-order valence-corrected chi connectivity index (χ0v) is 18.8. The molecule has 1 atom stereocenters. The lowest BCUT2D eigenvalue weighted by molar-refractivity contribution is 0.0676. The number of thiophene rings is 1. The number of carbonyl (C=O) groups excluding carboxylic acids is 1. The number of H-pyrrole nitrogens is 1. The highest BCUT2D eigenvalue weighted by molar-refractivity contribution is 7.12. The third kappa shape index (κ3) is 4.52. The fraction of sp³-hybridized carbons (Fsp3) is 0.192. The van der Waals surface area contributed by atoms with Gasteiger partial charge < -0.3 is 14.8 Å². The van der Waals surface area contributed by atoms with Crippen molar-refractivity contribution in [2.24, 2.45) is 0 Å². The number of amides is 1. The van der Waals surface area contributed by atoms with E-state index in [2.05, 4.69) is 33.1 Å². The predicted molar refractivity (Wildman–Crippen MR) is 129 cm³/mol. The number of nitriles is 1. The number of hydrogen-bond donors (Lipinski definition) is 1. The van der Waals surface area contributed by atoms with Crippen LogP contribution in [0.15, 0.2) is 78.6 Å². The van der Waals surface area contributed by atoms with Gasteiger partial charge in [0.2, 0.25) is 0 Å². The van der Waals surface area contributed by atoms with Crippen LogP contribution in [0.5, 0.6) is 0 Å². The molecule has 0 radical (unpaired) electrons. The number of benzene rings is 2. The summed E-state index contributed by atoms with van der Waals surface area (Å²) >= 11 is 1.46. The molecule has 0 unspecified atom stereocenters. The molecule has 3 heterocycles. The maximum atomic E-state index is 13.6. The summed E-state index contributed by atoms with van der Waals surface area (Å²) in [5.74, 6) is 0.0302. The van der Waals surface area contributed by atoms with Crippen molar-refractivity contribution in [3.05, 3.63) is 106 Å². The van der Waals surface area contributed by atoms with E-state index < -0.39 is 0 Å². The lowest BCUT2D eigenvalue weighted by atomic mass is 10.0. The van der Waals surface area contributed by atoms with Gasteiger partial charge in [0, 0.05) is 25.0 Å². The number of nitrogens with one attached hydrogen (secondary N) is 1. The Bertz CT molecular complexity index is 1260. The zero-order valence-electron chi connectivity index (χ0n) is 18.0. The van der Waals surface area contributed by atoms with Crippen molar-refractivity contribution in [3.63, 3.8) is 0 Å². The number of nitrogens with zero attached hydrogens (tertiary/aromatic N) is 4. The Labute approximate surface area is 196 Å². The molecular formula is C26H23N5OS. The molecule has 2 aromatic heterocycles. The van der Waals surface area contributed by atoms with E-state index in [9.17, 15) is 10.1 Å². The highest BCUT2D eigenvalue weighted by Gasteiger charge is 2.32. The second-order valence-corrected chi connectivity index (χ2v) is 9.11. The van der Waals surface area contributed by atoms with Gasteiger partial charge in [-0.15, -0.1) is 11.3 Å². The van der Waals surface area contributed by atoms with Crippen LogP contribution in [0.2, 0.25) is 0 Å². The van der Waals surface area contributed by atoms with E-state index in [1.54, 1.807) is 6.33 Å². The summed E-state index contributed by atoms with van der Waals surface area (Å²) in [5, 5.41) is 11.4. The molecule has 164 valence electrons. The smallest absolute Gasteiger partial charge is 0.264 e. The first-order valence-electron chi connectivity index (χ1n) is 10.8. The quantitative estimate of drug-likeness (QED) is 0.479. The number of aromatic amines is 1. The number of rotatable bonds is 5. The summed E-state index contributed by atoms with van der Waals surface area (Å²) in [4.78, 5) is 26.0. The van der Waals surface area contributed by atoms with Gasteiger partial charge in [0.05, 0.1) is 41.1 Å². The van der Waals surface area contributed by atoms with E-state index in [0.29, 0.717) is 25.2 Å². The first-order chi connectivity index (χ1) is 16.2. The van der Waals surface area contributed by atoms with Gasteiger partial charge in [-0.1, -0.05) is 36.4 Å². The molecule has 0 fully saturated rings. The monoisotopic (exact) mass is 453 g/mol. The van der Waals surface area contributed by atoms with Gasteiger partial charge in [0.1, 0.15) is 0 Å². The van der Waals surface area contributed by atoms with E-state index in [1.807, 2.05) is 65.0 Å². The molecule has 5 rings (SSSR count). The summed E-state index contributed by atoms with van der Waals surface area (Å²) in [6, 6.07) is 22.1. The Hall–Kier alpha value is -3.89. The average molecular weight is 454 g/mol. The molecule has 1 aliphatic heterocycles. The van der Waals surface area contributed by atoms with Gasteiger partial charge in [-0.05, 0) is 47.2 Å². The van der Waals surface area contributed by atoms with Crippen LogP contribution in [-0.4, -0.2) is 33.4 Å². The van der Waals surface area contributed by atoms with Crippen molar-refractivity contribution in [2.45, 2.75) is 25.6 Å². The second-order valence-electron chi connectivity index (χ2n) is 8.17. The molecule has 0 saturated heterocycles. The van der Waals surface area contributed by atoms with Crippen LogP contribution in [-0.2, 0) is 19.5 Å². The molecule has 33 heavy (non-hydrogen) atoms. The Balaban J connectivity index is 1.57. The van der Waals surface area contributed by atoms with Gasteiger partial charge >= 0.3 is 0 Å². The Kier molecular flexibility index (Phi) is 5.92. The molecule has 1 amide bonds. The maximum absolute atomic E-state index is 13.6. The fourth-order valence-corrected chi connectivity index (χ4v) is 5.10. The van der Waals surface area contributed by atoms with Crippen molar-refractivity contribution in [1.29, 1.82) is 5.26 Å². The first-order valence-corrected chi connectivity index (χ1v) is 11.7. The second kappa shape index (κ2) is 9.31. The highest BCUT2D eigenvalue weighted by Crippen LogP contribution is 2.32. The molecule has 7 heteroatoms. The summed E-state index contributed by atoms with van der Waals surface area (Å²) in [7, 11) is 0. The molecule has 0 bridgehead atoms. The van der Waals surface area contributed by atoms with E-state index in [1.165, 1.54) is 16.9 Å². The number of hydrogen-bond acceptors (Lipinski definition) is 5.